The molecule has 0 rings (SSSR count). The Bertz CT molecular complexity index is 37.8. The van der Waals surface area contributed by atoms with E-state index in [2.05, 4.69) is 79.9 Å². The summed E-state index contributed by atoms with van der Waals surface area (Å²) in [6, 6.07) is 0. The Hall–Kier alpha value is 3.68. The Morgan fingerprint density at radius 2 is 1.00 bits per heavy atom. The van der Waals surface area contributed by atoms with E-state index in [4.69, 9.17) is 0 Å². The SMILES string of the molecule is CNC.[I][Sn]([I])([I])[I]. The first-order valence-corrected chi connectivity index (χ1v) is 35.0. The summed E-state index contributed by atoms with van der Waals surface area (Å²) in [4.78, 5) is 0. The summed E-state index contributed by atoms with van der Waals surface area (Å²) in [6.45, 7) is 0. The maximum absolute atomic E-state index is 2.75. The van der Waals surface area contributed by atoms with Gasteiger partial charge in [-0.3, -0.25) is 0 Å². The average molecular weight is 671 g/mol. The topological polar surface area (TPSA) is 12.0 Å². The predicted molar refractivity (Wildman–Crippen MR) is 76.8 cm³/mol. The third kappa shape index (κ3) is 53.9. The van der Waals surface area contributed by atoms with Gasteiger partial charge in [-0.1, -0.05) is 0 Å². The van der Waals surface area contributed by atoms with Crippen molar-refractivity contribution in [2.24, 2.45) is 0 Å². The van der Waals surface area contributed by atoms with E-state index in [0.29, 0.717) is 0 Å². The maximum atomic E-state index is 2.75. The first-order chi connectivity index (χ1) is 3.41. The molecule has 8 heavy (non-hydrogen) atoms. The zero-order valence-electron chi connectivity index (χ0n) is 4.51. The van der Waals surface area contributed by atoms with Gasteiger partial charge in [-0.2, -0.15) is 0 Å². The molecule has 0 aliphatic carbocycles. The van der Waals surface area contributed by atoms with Crippen LogP contribution in [-0.4, -0.2) is 16.6 Å². The fraction of sp³-hybridized carbons (Fsp3) is 1.00. The minimum atomic E-state index is -1.30. The van der Waals surface area contributed by atoms with Crippen LogP contribution in [-0.2, 0) is 0 Å². The van der Waals surface area contributed by atoms with Gasteiger partial charge in [0.1, 0.15) is 0 Å². The van der Waals surface area contributed by atoms with Crippen molar-refractivity contribution in [1.82, 2.24) is 5.32 Å². The molecule has 0 heterocycles. The monoisotopic (exact) mass is 673 g/mol. The third-order valence-electron chi connectivity index (χ3n) is 0. The Morgan fingerprint density at radius 1 is 1.00 bits per heavy atom. The van der Waals surface area contributed by atoms with Crippen molar-refractivity contribution in [2.75, 3.05) is 14.1 Å². The molecule has 0 saturated heterocycles. The number of hydrogen-bond acceptors (Lipinski definition) is 1. The summed E-state index contributed by atoms with van der Waals surface area (Å²) < 4.78 is -1.30. The van der Waals surface area contributed by atoms with Crippen molar-refractivity contribution in [3.63, 3.8) is 0 Å². The Kier molecular flexibility index (Phi) is 15.6. The summed E-state index contributed by atoms with van der Waals surface area (Å²) in [6.07, 6.45) is 0. The second kappa shape index (κ2) is 8.77. The van der Waals surface area contributed by atoms with Gasteiger partial charge in [0.25, 0.3) is 0 Å². The van der Waals surface area contributed by atoms with Crippen molar-refractivity contribution in [3.8, 4) is 0 Å². The molecule has 0 atom stereocenters. The van der Waals surface area contributed by atoms with Crippen LogP contribution in [0.4, 0.5) is 0 Å². The van der Waals surface area contributed by atoms with E-state index in [1.165, 1.54) is 0 Å². The molecule has 0 saturated carbocycles. The fourth-order valence-electron chi connectivity index (χ4n) is 0. The van der Waals surface area contributed by atoms with E-state index in [-0.39, 0.29) is 0 Å². The normalized spacial score (nSPS) is 9.75. The second-order valence-electron chi connectivity index (χ2n) is 0.929. The van der Waals surface area contributed by atoms with Crippen LogP contribution in [0.15, 0.2) is 0 Å². The quantitative estimate of drug-likeness (QED) is 0.309. The van der Waals surface area contributed by atoms with Gasteiger partial charge in [0.15, 0.2) is 0 Å². The Morgan fingerprint density at radius 3 is 1.00 bits per heavy atom. The summed E-state index contributed by atoms with van der Waals surface area (Å²) in [5.41, 5.74) is 0. The van der Waals surface area contributed by atoms with Crippen molar-refractivity contribution >= 4 is 77.0 Å². The zero-order chi connectivity index (χ0) is 7.21. The predicted octanol–water partition coefficient (Wildman–Crippen LogP) is 3.00. The van der Waals surface area contributed by atoms with Gasteiger partial charge < -0.3 is 5.32 Å². The number of rotatable bonds is 0. The Balaban J connectivity index is 0. The number of nitrogens with one attached hydrogen (secondary N) is 1. The average Bonchev–Trinajstić information content (AvgIpc) is 1.27. The van der Waals surface area contributed by atoms with Crippen LogP contribution in [0.3, 0.4) is 0 Å². The first-order valence-electron chi connectivity index (χ1n) is 1.76. The minimum absolute atomic E-state index is 1.30. The van der Waals surface area contributed by atoms with Crippen LogP contribution in [0.5, 0.6) is 0 Å². The summed E-state index contributed by atoms with van der Waals surface area (Å²) in [5, 5.41) is 2.75. The zero-order valence-corrected chi connectivity index (χ0v) is 16.0. The van der Waals surface area contributed by atoms with E-state index in [0.717, 1.165) is 0 Å². The molecule has 0 aliphatic heterocycles. The molecule has 52 valence electrons. The second-order valence-corrected chi connectivity index (χ2v) is 130. The summed E-state index contributed by atoms with van der Waals surface area (Å²) >= 11 is 10.2. The third-order valence-corrected chi connectivity index (χ3v) is 0. The molecule has 0 unspecified atom stereocenters. The van der Waals surface area contributed by atoms with Gasteiger partial charge in [0.2, 0.25) is 0 Å². The molecular weight excluding hydrogens is 664 g/mol. The molecule has 0 bridgehead atoms. The summed E-state index contributed by atoms with van der Waals surface area (Å²) in [7, 11) is 3.75. The fourth-order valence-corrected chi connectivity index (χ4v) is 0. The molecule has 1 nitrogen and oxygen atoms in total. The van der Waals surface area contributed by atoms with Crippen LogP contribution in [0, 0.1) is 0 Å². The van der Waals surface area contributed by atoms with Gasteiger partial charge in [-0.05, 0) is 14.1 Å². The van der Waals surface area contributed by atoms with Gasteiger partial charge in [0, 0.05) is 0 Å². The van der Waals surface area contributed by atoms with E-state index in [1.807, 2.05) is 14.1 Å². The van der Waals surface area contributed by atoms with Gasteiger partial charge in [-0.25, -0.2) is 0 Å². The van der Waals surface area contributed by atoms with Crippen LogP contribution in [0.2, 0.25) is 0 Å². The molecule has 0 aromatic rings. The van der Waals surface area contributed by atoms with Gasteiger partial charge in [-0.15, -0.1) is 0 Å². The summed E-state index contributed by atoms with van der Waals surface area (Å²) in [5.74, 6) is 0. The van der Waals surface area contributed by atoms with E-state index < -0.39 is 2.50 Å². The Labute approximate surface area is 93.5 Å². The van der Waals surface area contributed by atoms with Crippen molar-refractivity contribution in [3.05, 3.63) is 0 Å². The van der Waals surface area contributed by atoms with Gasteiger partial charge >= 0.3 is 77.0 Å². The van der Waals surface area contributed by atoms with E-state index >= 15 is 0 Å². The number of halogens is 4. The van der Waals surface area contributed by atoms with Crippen LogP contribution < -0.4 is 5.32 Å². The molecule has 0 aromatic carbocycles. The molecule has 0 amide bonds. The molecule has 0 aliphatic rings. The molecule has 1 N–H and O–H groups in total. The van der Waals surface area contributed by atoms with Crippen LogP contribution in [0.1, 0.15) is 0 Å². The van der Waals surface area contributed by atoms with Crippen LogP contribution in [0.25, 0.3) is 0 Å². The van der Waals surface area contributed by atoms with Gasteiger partial charge in [0.05, 0.1) is 0 Å². The number of hydrogen-bond donors (Lipinski definition) is 1. The molecule has 0 spiro atoms. The van der Waals surface area contributed by atoms with Crippen LogP contribution >= 0.6 is 74.5 Å². The van der Waals surface area contributed by atoms with E-state index in [9.17, 15) is 0 Å². The molecule has 0 fully saturated rings. The molecule has 0 aromatic heterocycles. The van der Waals surface area contributed by atoms with Crippen molar-refractivity contribution in [1.29, 1.82) is 0 Å². The first kappa shape index (κ1) is 14.2. The standard InChI is InChI=1S/C2H7N.4HI.Sn/c1-3-2;;;;;/h3H,1-2H3;4*1H;/q;;;;;+4/p-4. The molecule has 0 radical (unpaired) electrons. The van der Waals surface area contributed by atoms with Crippen molar-refractivity contribution < 1.29 is 0 Å². The molecule has 6 heteroatoms. The van der Waals surface area contributed by atoms with E-state index in [1.54, 1.807) is 0 Å². The molecular formula is C2H7I4NSn. The van der Waals surface area contributed by atoms with Crippen molar-refractivity contribution in [2.45, 2.75) is 0 Å².